The molecule has 0 radical (unpaired) electrons. The number of thioether (sulfide) groups is 1. The third-order valence-corrected chi connectivity index (χ3v) is 4.81. The zero-order valence-electron chi connectivity index (χ0n) is 12.5. The van der Waals surface area contributed by atoms with Crippen molar-refractivity contribution in [2.24, 2.45) is 5.73 Å². The monoisotopic (exact) mass is 363 g/mol. The molecule has 2 atom stereocenters. The maximum absolute atomic E-state index is 13.6. The van der Waals surface area contributed by atoms with Crippen LogP contribution in [0.3, 0.4) is 0 Å². The van der Waals surface area contributed by atoms with Gasteiger partial charge in [-0.15, -0.1) is 0 Å². The molecule has 132 valence electrons. The van der Waals surface area contributed by atoms with E-state index in [1.165, 1.54) is 24.3 Å². The van der Waals surface area contributed by atoms with E-state index in [9.17, 15) is 22.8 Å². The molecule has 0 bridgehead atoms. The number of hydrogen-bond acceptors (Lipinski definition) is 5. The Kier molecular flexibility index (Phi) is 5.44. The first-order valence-corrected chi connectivity index (χ1v) is 8.30. The van der Waals surface area contributed by atoms with Crippen LogP contribution < -0.4 is 5.73 Å². The van der Waals surface area contributed by atoms with Gasteiger partial charge in [0.1, 0.15) is 6.04 Å². The van der Waals surface area contributed by atoms with E-state index in [0.29, 0.717) is 5.75 Å². The standard InChI is InChI=1S/C15H16F3NO4S/c16-15(17,18)14(6-8-24-7-5-11(19)12(20)21)10-4-2-1-3-9(10)13(22)23-14/h1-4,11H,5-8,19H2,(H,20,21). The van der Waals surface area contributed by atoms with Gasteiger partial charge < -0.3 is 15.6 Å². The highest BCUT2D eigenvalue weighted by atomic mass is 32.2. The average Bonchev–Trinajstić information content (AvgIpc) is 2.80. The minimum Gasteiger partial charge on any atom is -0.480 e. The highest BCUT2D eigenvalue weighted by molar-refractivity contribution is 7.99. The molecule has 5 nitrogen and oxygen atoms in total. The van der Waals surface area contributed by atoms with Crippen LogP contribution in [0.25, 0.3) is 0 Å². The number of hydrogen-bond donors (Lipinski definition) is 2. The molecule has 0 aliphatic carbocycles. The topological polar surface area (TPSA) is 89.6 Å². The van der Waals surface area contributed by atoms with Crippen molar-refractivity contribution in [1.29, 1.82) is 0 Å². The van der Waals surface area contributed by atoms with Crippen LogP contribution in [-0.4, -0.2) is 40.8 Å². The van der Waals surface area contributed by atoms with Crippen LogP contribution in [0.5, 0.6) is 0 Å². The van der Waals surface area contributed by atoms with Crippen LogP contribution in [-0.2, 0) is 15.1 Å². The summed E-state index contributed by atoms with van der Waals surface area (Å²) >= 11 is 1.14. The molecule has 3 N–H and O–H groups in total. The van der Waals surface area contributed by atoms with Gasteiger partial charge in [0.15, 0.2) is 0 Å². The van der Waals surface area contributed by atoms with E-state index >= 15 is 0 Å². The van der Waals surface area contributed by atoms with Crippen molar-refractivity contribution in [2.75, 3.05) is 11.5 Å². The average molecular weight is 363 g/mol. The molecule has 0 aromatic heterocycles. The van der Waals surface area contributed by atoms with Crippen molar-refractivity contribution in [3.8, 4) is 0 Å². The van der Waals surface area contributed by atoms with Crippen molar-refractivity contribution in [1.82, 2.24) is 0 Å². The van der Waals surface area contributed by atoms with Crippen LogP contribution in [0.2, 0.25) is 0 Å². The smallest absolute Gasteiger partial charge is 0.432 e. The Labute approximate surface area is 140 Å². The zero-order chi connectivity index (χ0) is 18.0. The van der Waals surface area contributed by atoms with Gasteiger partial charge in [-0.1, -0.05) is 18.2 Å². The van der Waals surface area contributed by atoms with Crippen molar-refractivity contribution in [3.05, 3.63) is 35.4 Å². The number of nitrogens with two attached hydrogens (primary N) is 1. The van der Waals surface area contributed by atoms with Crippen LogP contribution in [0.1, 0.15) is 28.8 Å². The molecule has 0 amide bonds. The first-order valence-electron chi connectivity index (χ1n) is 7.15. The fraction of sp³-hybridized carbons (Fsp3) is 0.467. The highest BCUT2D eigenvalue weighted by Crippen LogP contribution is 2.50. The van der Waals surface area contributed by atoms with E-state index < -0.39 is 36.2 Å². The molecule has 1 aromatic carbocycles. The number of rotatable bonds is 7. The molecular weight excluding hydrogens is 347 g/mol. The normalized spacial score (nSPS) is 21.2. The Morgan fingerprint density at radius 1 is 1.33 bits per heavy atom. The molecule has 24 heavy (non-hydrogen) atoms. The molecule has 2 unspecified atom stereocenters. The second-order valence-corrected chi connectivity index (χ2v) is 6.58. The number of alkyl halides is 3. The van der Waals surface area contributed by atoms with Gasteiger partial charge in [0, 0.05) is 12.0 Å². The second-order valence-electron chi connectivity index (χ2n) is 5.36. The van der Waals surface area contributed by atoms with Crippen LogP contribution in [0.15, 0.2) is 24.3 Å². The van der Waals surface area contributed by atoms with Crippen LogP contribution in [0.4, 0.5) is 13.2 Å². The van der Waals surface area contributed by atoms with E-state index in [4.69, 9.17) is 15.6 Å². The quantitative estimate of drug-likeness (QED) is 0.572. The Morgan fingerprint density at radius 2 is 2.00 bits per heavy atom. The largest absolute Gasteiger partial charge is 0.480 e. The van der Waals surface area contributed by atoms with Gasteiger partial charge >= 0.3 is 18.1 Å². The van der Waals surface area contributed by atoms with Gasteiger partial charge in [0.05, 0.1) is 5.56 Å². The summed E-state index contributed by atoms with van der Waals surface area (Å²) in [5.41, 5.74) is 2.43. The summed E-state index contributed by atoms with van der Waals surface area (Å²) in [6, 6.07) is 4.43. The SMILES string of the molecule is NC(CCSCCC1(C(F)(F)F)OC(=O)c2ccccc21)C(=O)O. The molecule has 0 fully saturated rings. The zero-order valence-corrected chi connectivity index (χ0v) is 13.3. The summed E-state index contributed by atoms with van der Waals surface area (Å²) in [7, 11) is 0. The lowest BCUT2D eigenvalue weighted by atomic mass is 9.89. The lowest BCUT2D eigenvalue weighted by Gasteiger charge is -2.31. The van der Waals surface area contributed by atoms with Crippen LogP contribution in [0, 0.1) is 0 Å². The molecule has 0 saturated heterocycles. The summed E-state index contributed by atoms with van der Waals surface area (Å²) in [5.74, 6) is -1.79. The number of cyclic esters (lactones) is 1. The number of halogens is 3. The molecular formula is C15H16F3NO4S. The highest BCUT2D eigenvalue weighted by Gasteiger charge is 2.63. The van der Waals surface area contributed by atoms with Gasteiger partial charge in [-0.3, -0.25) is 4.79 Å². The number of carboxylic acids is 1. The predicted molar refractivity (Wildman–Crippen MR) is 81.8 cm³/mol. The summed E-state index contributed by atoms with van der Waals surface area (Å²) < 4.78 is 45.6. The summed E-state index contributed by atoms with van der Waals surface area (Å²) in [6.45, 7) is 0. The van der Waals surface area contributed by atoms with Gasteiger partial charge in [-0.2, -0.15) is 24.9 Å². The second kappa shape index (κ2) is 7.02. The van der Waals surface area contributed by atoms with Gasteiger partial charge in [-0.25, -0.2) is 4.79 Å². The molecule has 2 rings (SSSR count). The lowest BCUT2D eigenvalue weighted by Crippen LogP contribution is -2.43. The summed E-state index contributed by atoms with van der Waals surface area (Å²) in [5, 5.41) is 8.66. The molecule has 9 heteroatoms. The summed E-state index contributed by atoms with van der Waals surface area (Å²) in [6.07, 6.45) is -5.03. The maximum Gasteiger partial charge on any atom is 0.432 e. The Hall–Kier alpha value is -1.74. The molecule has 1 aliphatic rings. The first-order chi connectivity index (χ1) is 11.2. The van der Waals surface area contributed by atoms with Gasteiger partial charge in [-0.05, 0) is 24.0 Å². The number of carbonyl (C=O) groups is 2. The number of carbonyl (C=O) groups excluding carboxylic acids is 1. The molecule has 1 heterocycles. The van der Waals surface area contributed by atoms with Gasteiger partial charge in [0.25, 0.3) is 0 Å². The number of esters is 1. The van der Waals surface area contributed by atoms with E-state index in [0.717, 1.165) is 11.8 Å². The fourth-order valence-electron chi connectivity index (χ4n) is 2.47. The first kappa shape index (κ1) is 18.6. The lowest BCUT2D eigenvalue weighted by molar-refractivity contribution is -0.261. The Bertz CT molecular complexity index is 637. The molecule has 0 spiro atoms. The van der Waals surface area contributed by atoms with Crippen molar-refractivity contribution >= 4 is 23.7 Å². The fourth-order valence-corrected chi connectivity index (χ4v) is 3.53. The van der Waals surface area contributed by atoms with Crippen molar-refractivity contribution in [3.63, 3.8) is 0 Å². The summed E-state index contributed by atoms with van der Waals surface area (Å²) in [4.78, 5) is 22.4. The predicted octanol–water partition coefficient (Wildman–Crippen LogP) is 2.54. The Morgan fingerprint density at radius 3 is 2.62 bits per heavy atom. The maximum atomic E-state index is 13.6. The molecule has 1 aliphatic heterocycles. The third-order valence-electron chi connectivity index (χ3n) is 3.80. The number of ether oxygens (including phenoxy) is 1. The minimum atomic E-state index is -4.74. The van der Waals surface area contributed by atoms with Crippen molar-refractivity contribution in [2.45, 2.75) is 30.7 Å². The van der Waals surface area contributed by atoms with Gasteiger partial charge in [0.2, 0.25) is 5.60 Å². The van der Waals surface area contributed by atoms with Crippen molar-refractivity contribution < 1.29 is 32.6 Å². The number of aliphatic carboxylic acids is 1. The number of fused-ring (bicyclic) bond motifs is 1. The van der Waals surface area contributed by atoms with E-state index in [-0.39, 0.29) is 23.3 Å². The van der Waals surface area contributed by atoms with E-state index in [2.05, 4.69) is 0 Å². The third kappa shape index (κ3) is 3.51. The Balaban J connectivity index is 2.07. The number of carboxylic acid groups (broad SMARTS) is 1. The van der Waals surface area contributed by atoms with Crippen LogP contribution >= 0.6 is 11.8 Å². The number of benzene rings is 1. The molecule has 0 saturated carbocycles. The minimum absolute atomic E-state index is 0.0491. The van der Waals surface area contributed by atoms with E-state index in [1.54, 1.807) is 0 Å². The molecule has 1 aromatic rings. The van der Waals surface area contributed by atoms with E-state index in [1.807, 2.05) is 0 Å².